The van der Waals surface area contributed by atoms with Gasteiger partial charge in [-0.2, -0.15) is 5.10 Å². The number of nitro benzene ring substituents is 1. The van der Waals surface area contributed by atoms with Crippen LogP contribution in [0.5, 0.6) is 5.75 Å². The highest BCUT2D eigenvalue weighted by atomic mass is 16.6. The fourth-order valence-corrected chi connectivity index (χ4v) is 1.69. The number of nitrogens with one attached hydrogen (secondary N) is 1. The van der Waals surface area contributed by atoms with Crippen molar-refractivity contribution in [1.82, 2.24) is 9.97 Å². The molecule has 0 atom stereocenters. The first-order chi connectivity index (χ1) is 9.95. The lowest BCUT2D eigenvalue weighted by Gasteiger charge is -2.02. The molecule has 108 valence electrons. The highest BCUT2D eigenvalue weighted by Crippen LogP contribution is 2.21. The number of anilines is 1. The lowest BCUT2D eigenvalue weighted by atomic mass is 10.2. The maximum Gasteiger partial charge on any atom is 0.270 e. The van der Waals surface area contributed by atoms with E-state index in [1.54, 1.807) is 0 Å². The van der Waals surface area contributed by atoms with Crippen LogP contribution in [0.3, 0.4) is 0 Å². The second-order valence-corrected chi connectivity index (χ2v) is 4.34. The fraction of sp³-hybridized carbons (Fsp3) is 0.154. The van der Waals surface area contributed by atoms with Crippen molar-refractivity contribution < 1.29 is 10.0 Å². The van der Waals surface area contributed by atoms with Crippen molar-refractivity contribution in [3.63, 3.8) is 0 Å². The van der Waals surface area contributed by atoms with Crippen molar-refractivity contribution in [2.45, 2.75) is 13.8 Å². The number of nitrogens with zero attached hydrogens (tertiary/aromatic N) is 4. The summed E-state index contributed by atoms with van der Waals surface area (Å²) in [7, 11) is 0. The summed E-state index contributed by atoms with van der Waals surface area (Å²) in [4.78, 5) is 18.4. The van der Waals surface area contributed by atoms with Crippen LogP contribution in [-0.4, -0.2) is 26.2 Å². The molecule has 0 saturated carbocycles. The number of hydrogen-bond acceptors (Lipinski definition) is 7. The third-order valence-electron chi connectivity index (χ3n) is 2.57. The van der Waals surface area contributed by atoms with E-state index >= 15 is 0 Å². The fourth-order valence-electron chi connectivity index (χ4n) is 1.69. The number of aryl methyl sites for hydroxylation is 2. The smallest absolute Gasteiger partial charge is 0.270 e. The van der Waals surface area contributed by atoms with E-state index < -0.39 is 4.92 Å². The number of nitro groups is 1. The van der Waals surface area contributed by atoms with Crippen LogP contribution in [0.25, 0.3) is 0 Å². The van der Waals surface area contributed by atoms with Gasteiger partial charge in [-0.15, -0.1) is 0 Å². The van der Waals surface area contributed by atoms with E-state index in [-0.39, 0.29) is 17.0 Å². The molecular weight excluding hydrogens is 274 g/mol. The molecule has 0 bridgehead atoms. The minimum absolute atomic E-state index is 0.104. The summed E-state index contributed by atoms with van der Waals surface area (Å²) in [5.41, 5.74) is 4.29. The minimum atomic E-state index is -0.544. The van der Waals surface area contributed by atoms with E-state index in [1.807, 2.05) is 19.9 Å². The maximum absolute atomic E-state index is 10.7. The molecule has 1 heterocycles. The molecule has 1 aromatic carbocycles. The molecule has 0 amide bonds. The Labute approximate surface area is 120 Å². The monoisotopic (exact) mass is 287 g/mol. The second kappa shape index (κ2) is 5.95. The van der Waals surface area contributed by atoms with Gasteiger partial charge in [0.2, 0.25) is 5.95 Å². The van der Waals surface area contributed by atoms with Crippen molar-refractivity contribution in [3.05, 3.63) is 51.3 Å². The largest absolute Gasteiger partial charge is 0.507 e. The number of phenolic OH excluding ortho intramolecular Hbond substituents is 1. The number of rotatable bonds is 4. The Morgan fingerprint density at radius 3 is 2.57 bits per heavy atom. The quantitative estimate of drug-likeness (QED) is 0.506. The molecule has 2 aromatic rings. The SMILES string of the molecule is Cc1cc(C)nc(N/N=C/c2cc([N+](=O)[O-])ccc2O)n1. The summed E-state index contributed by atoms with van der Waals surface area (Å²) in [6.07, 6.45) is 1.27. The van der Waals surface area contributed by atoms with E-state index in [2.05, 4.69) is 20.5 Å². The lowest BCUT2D eigenvalue weighted by Crippen LogP contribution is -2.00. The van der Waals surface area contributed by atoms with E-state index in [0.29, 0.717) is 5.95 Å². The average Bonchev–Trinajstić information content (AvgIpc) is 2.39. The molecule has 8 nitrogen and oxygen atoms in total. The van der Waals surface area contributed by atoms with E-state index in [0.717, 1.165) is 11.4 Å². The minimum Gasteiger partial charge on any atom is -0.507 e. The molecule has 0 aliphatic carbocycles. The van der Waals surface area contributed by atoms with E-state index in [1.165, 1.54) is 24.4 Å². The van der Waals surface area contributed by atoms with Crippen molar-refractivity contribution in [3.8, 4) is 5.75 Å². The van der Waals surface area contributed by atoms with Crippen molar-refractivity contribution >= 4 is 17.9 Å². The molecule has 0 radical (unpaired) electrons. The molecule has 21 heavy (non-hydrogen) atoms. The van der Waals surface area contributed by atoms with Crippen LogP contribution in [0.1, 0.15) is 17.0 Å². The standard InChI is InChI=1S/C13H13N5O3/c1-8-5-9(2)16-13(15-8)17-14-7-10-6-11(18(20)21)3-4-12(10)19/h3-7,19H,1-2H3,(H,15,16,17)/b14-7+. The predicted molar refractivity (Wildman–Crippen MR) is 77.5 cm³/mol. The Hall–Kier alpha value is -3.03. The summed E-state index contributed by atoms with van der Waals surface area (Å²) in [5, 5.41) is 24.2. The van der Waals surface area contributed by atoms with Gasteiger partial charge in [-0.25, -0.2) is 15.4 Å². The van der Waals surface area contributed by atoms with Gasteiger partial charge >= 0.3 is 0 Å². The Morgan fingerprint density at radius 2 is 1.95 bits per heavy atom. The topological polar surface area (TPSA) is 114 Å². The summed E-state index contributed by atoms with van der Waals surface area (Å²) < 4.78 is 0. The van der Waals surface area contributed by atoms with Crippen LogP contribution in [0.15, 0.2) is 29.4 Å². The number of aromatic hydroxyl groups is 1. The van der Waals surface area contributed by atoms with E-state index in [4.69, 9.17) is 0 Å². The number of phenols is 1. The predicted octanol–water partition coefficient (Wildman–Crippen LogP) is 2.15. The Bertz CT molecular complexity index is 695. The van der Waals surface area contributed by atoms with Crippen molar-refractivity contribution in [2.75, 3.05) is 5.43 Å². The first-order valence-corrected chi connectivity index (χ1v) is 6.04. The van der Waals surface area contributed by atoms with Gasteiger partial charge in [0.1, 0.15) is 5.75 Å². The Morgan fingerprint density at radius 1 is 1.29 bits per heavy atom. The summed E-state index contributed by atoms with van der Waals surface area (Å²) in [6.45, 7) is 3.66. The Kier molecular flexibility index (Phi) is 4.07. The molecular formula is C13H13N5O3. The second-order valence-electron chi connectivity index (χ2n) is 4.34. The van der Waals surface area contributed by atoms with Gasteiger partial charge in [0.05, 0.1) is 11.1 Å². The maximum atomic E-state index is 10.7. The number of benzene rings is 1. The van der Waals surface area contributed by atoms with Gasteiger partial charge in [-0.05, 0) is 26.0 Å². The van der Waals surface area contributed by atoms with Gasteiger partial charge in [-0.1, -0.05) is 0 Å². The third-order valence-corrected chi connectivity index (χ3v) is 2.57. The molecule has 8 heteroatoms. The highest BCUT2D eigenvalue weighted by Gasteiger charge is 2.08. The van der Waals surface area contributed by atoms with Gasteiger partial charge in [0, 0.05) is 29.1 Å². The normalized spacial score (nSPS) is 10.8. The van der Waals surface area contributed by atoms with Gasteiger partial charge in [-0.3, -0.25) is 10.1 Å². The number of aromatic nitrogens is 2. The van der Waals surface area contributed by atoms with Crippen molar-refractivity contribution in [2.24, 2.45) is 5.10 Å². The Balaban J connectivity index is 2.17. The molecule has 0 aliphatic rings. The van der Waals surface area contributed by atoms with Crippen LogP contribution >= 0.6 is 0 Å². The molecule has 0 saturated heterocycles. The highest BCUT2D eigenvalue weighted by molar-refractivity contribution is 5.84. The zero-order valence-electron chi connectivity index (χ0n) is 11.4. The molecule has 0 fully saturated rings. The zero-order chi connectivity index (χ0) is 15.4. The number of hydrogen-bond donors (Lipinski definition) is 2. The summed E-state index contributed by atoms with van der Waals surface area (Å²) in [5.74, 6) is 0.209. The van der Waals surface area contributed by atoms with Crippen molar-refractivity contribution in [1.29, 1.82) is 0 Å². The molecule has 2 rings (SSSR count). The van der Waals surface area contributed by atoms with Crippen LogP contribution < -0.4 is 5.43 Å². The number of non-ortho nitro benzene ring substituents is 1. The molecule has 1 aromatic heterocycles. The summed E-state index contributed by atoms with van der Waals surface area (Å²) in [6, 6.07) is 5.50. The molecule has 0 aliphatic heterocycles. The lowest BCUT2D eigenvalue weighted by molar-refractivity contribution is -0.384. The first-order valence-electron chi connectivity index (χ1n) is 6.04. The van der Waals surface area contributed by atoms with Crippen LogP contribution in [-0.2, 0) is 0 Å². The van der Waals surface area contributed by atoms with Crippen LogP contribution in [0, 0.1) is 24.0 Å². The number of hydrazone groups is 1. The van der Waals surface area contributed by atoms with Gasteiger partial charge in [0.25, 0.3) is 5.69 Å². The van der Waals surface area contributed by atoms with Crippen LogP contribution in [0.4, 0.5) is 11.6 Å². The van der Waals surface area contributed by atoms with E-state index in [9.17, 15) is 15.2 Å². The van der Waals surface area contributed by atoms with Gasteiger partial charge < -0.3 is 5.11 Å². The first kappa shape index (κ1) is 14.4. The third kappa shape index (κ3) is 3.72. The zero-order valence-corrected chi connectivity index (χ0v) is 11.4. The molecule has 2 N–H and O–H groups in total. The summed E-state index contributed by atoms with van der Waals surface area (Å²) >= 11 is 0. The molecule has 0 spiro atoms. The average molecular weight is 287 g/mol. The van der Waals surface area contributed by atoms with Gasteiger partial charge in [0.15, 0.2) is 0 Å². The molecule has 0 unspecified atom stereocenters. The van der Waals surface area contributed by atoms with Crippen LogP contribution in [0.2, 0.25) is 0 Å².